The van der Waals surface area contributed by atoms with Gasteiger partial charge >= 0.3 is 12.0 Å². The summed E-state index contributed by atoms with van der Waals surface area (Å²) < 4.78 is 4.61. The fourth-order valence-corrected chi connectivity index (χ4v) is 1.92. The number of rotatable bonds is 7. The maximum absolute atomic E-state index is 12.3. The minimum Gasteiger partial charge on any atom is -0.469 e. The van der Waals surface area contributed by atoms with E-state index in [0.717, 1.165) is 0 Å². The molecular formula is C15H22ClN3O3. The van der Waals surface area contributed by atoms with Gasteiger partial charge in [0.25, 0.3) is 0 Å². The number of hydrogen-bond acceptors (Lipinski definition) is 4. The smallest absolute Gasteiger partial charge is 0.321 e. The summed E-state index contributed by atoms with van der Waals surface area (Å²) in [4.78, 5) is 27.2. The Balaban J connectivity index is 2.66. The number of carbonyl (C=O) groups excluding carboxylic acids is 2. The second-order valence-electron chi connectivity index (χ2n) is 5.06. The van der Waals surface area contributed by atoms with E-state index < -0.39 is 0 Å². The number of urea groups is 1. The summed E-state index contributed by atoms with van der Waals surface area (Å²) in [6, 6.07) is 6.65. The number of amides is 2. The fourth-order valence-electron chi connectivity index (χ4n) is 1.73. The van der Waals surface area contributed by atoms with Crippen LogP contribution in [0, 0.1) is 0 Å². The summed E-state index contributed by atoms with van der Waals surface area (Å²) in [7, 11) is 5.18. The first-order valence-corrected chi connectivity index (χ1v) is 7.33. The first-order valence-electron chi connectivity index (χ1n) is 6.95. The van der Waals surface area contributed by atoms with E-state index in [0.29, 0.717) is 30.3 Å². The van der Waals surface area contributed by atoms with Crippen LogP contribution in [0.2, 0.25) is 5.02 Å². The highest BCUT2D eigenvalue weighted by Gasteiger charge is 2.15. The van der Waals surface area contributed by atoms with Crippen LogP contribution in [0.3, 0.4) is 0 Å². The lowest BCUT2D eigenvalue weighted by atomic mass is 10.3. The molecule has 0 radical (unpaired) electrons. The Morgan fingerprint density at radius 3 is 2.55 bits per heavy atom. The summed E-state index contributed by atoms with van der Waals surface area (Å²) in [6.45, 7) is 1.51. The van der Waals surface area contributed by atoms with Crippen LogP contribution in [-0.2, 0) is 9.53 Å². The van der Waals surface area contributed by atoms with Crippen molar-refractivity contribution in [2.75, 3.05) is 46.2 Å². The largest absolute Gasteiger partial charge is 0.469 e. The van der Waals surface area contributed by atoms with Crippen LogP contribution < -0.4 is 5.32 Å². The number of halogens is 1. The Bertz CT molecular complexity index is 509. The van der Waals surface area contributed by atoms with Crippen LogP contribution >= 0.6 is 11.6 Å². The van der Waals surface area contributed by atoms with Crippen molar-refractivity contribution in [1.82, 2.24) is 9.80 Å². The van der Waals surface area contributed by atoms with E-state index >= 15 is 0 Å². The maximum atomic E-state index is 12.3. The zero-order valence-corrected chi connectivity index (χ0v) is 13.9. The Hall–Kier alpha value is -1.79. The molecule has 0 aliphatic rings. The van der Waals surface area contributed by atoms with Crippen LogP contribution in [0.5, 0.6) is 0 Å². The van der Waals surface area contributed by atoms with Gasteiger partial charge in [-0.15, -0.1) is 0 Å². The molecule has 1 rings (SSSR count). The van der Waals surface area contributed by atoms with E-state index in [4.69, 9.17) is 11.6 Å². The first kappa shape index (κ1) is 18.3. The second-order valence-corrected chi connectivity index (χ2v) is 5.49. The van der Waals surface area contributed by atoms with E-state index in [1.54, 1.807) is 29.2 Å². The number of benzene rings is 1. The van der Waals surface area contributed by atoms with Crippen molar-refractivity contribution in [3.05, 3.63) is 29.3 Å². The molecule has 0 saturated heterocycles. The van der Waals surface area contributed by atoms with Crippen LogP contribution in [0.15, 0.2) is 24.3 Å². The number of esters is 1. The molecule has 22 heavy (non-hydrogen) atoms. The molecule has 0 aromatic heterocycles. The highest BCUT2D eigenvalue weighted by molar-refractivity contribution is 6.30. The highest BCUT2D eigenvalue weighted by atomic mass is 35.5. The molecular weight excluding hydrogens is 306 g/mol. The molecule has 6 nitrogen and oxygen atoms in total. The average Bonchev–Trinajstić information content (AvgIpc) is 2.46. The van der Waals surface area contributed by atoms with E-state index in [2.05, 4.69) is 10.1 Å². The molecule has 0 saturated carbocycles. The lowest BCUT2D eigenvalue weighted by Crippen LogP contribution is -2.40. The molecule has 0 heterocycles. The Morgan fingerprint density at radius 2 is 1.95 bits per heavy atom. The zero-order chi connectivity index (χ0) is 16.5. The Labute approximate surface area is 136 Å². The summed E-state index contributed by atoms with van der Waals surface area (Å²) in [5.74, 6) is -0.342. The molecule has 0 bridgehead atoms. The Morgan fingerprint density at radius 1 is 1.23 bits per heavy atom. The molecule has 1 aromatic carbocycles. The molecule has 1 N–H and O–H groups in total. The van der Waals surface area contributed by atoms with E-state index in [1.807, 2.05) is 19.0 Å². The number of ether oxygens (including phenoxy) is 1. The quantitative estimate of drug-likeness (QED) is 0.781. The number of nitrogens with one attached hydrogen (secondary N) is 1. The van der Waals surface area contributed by atoms with Gasteiger partial charge in [-0.1, -0.05) is 17.7 Å². The third-order valence-corrected chi connectivity index (χ3v) is 3.23. The molecule has 0 spiro atoms. The fraction of sp³-hybridized carbons (Fsp3) is 0.467. The number of nitrogens with zero attached hydrogens (tertiary/aromatic N) is 2. The molecule has 0 aliphatic carbocycles. The van der Waals surface area contributed by atoms with Crippen LogP contribution in [-0.4, -0.2) is 62.6 Å². The minimum absolute atomic E-state index is 0.160. The predicted molar refractivity (Wildman–Crippen MR) is 87.2 cm³/mol. The van der Waals surface area contributed by atoms with Crippen LogP contribution in [0.1, 0.15) is 6.42 Å². The monoisotopic (exact) mass is 327 g/mol. The van der Waals surface area contributed by atoms with Crippen molar-refractivity contribution in [2.24, 2.45) is 0 Å². The van der Waals surface area contributed by atoms with E-state index in [9.17, 15) is 9.59 Å². The molecule has 0 fully saturated rings. The highest BCUT2D eigenvalue weighted by Crippen LogP contribution is 2.15. The number of hydrogen-bond donors (Lipinski definition) is 1. The van der Waals surface area contributed by atoms with Crippen molar-refractivity contribution in [3.8, 4) is 0 Å². The Kier molecular flexibility index (Phi) is 7.70. The normalized spacial score (nSPS) is 10.4. The number of carbonyl (C=O) groups is 2. The third kappa shape index (κ3) is 6.78. The average molecular weight is 328 g/mol. The molecule has 0 atom stereocenters. The van der Waals surface area contributed by atoms with Gasteiger partial charge in [-0.05, 0) is 32.3 Å². The van der Waals surface area contributed by atoms with Crippen molar-refractivity contribution < 1.29 is 14.3 Å². The zero-order valence-electron chi connectivity index (χ0n) is 13.1. The van der Waals surface area contributed by atoms with E-state index in [-0.39, 0.29) is 18.4 Å². The van der Waals surface area contributed by atoms with Gasteiger partial charge in [-0.2, -0.15) is 0 Å². The number of methoxy groups -OCH3 is 1. The predicted octanol–water partition coefficient (Wildman–Crippen LogP) is 2.30. The van der Waals surface area contributed by atoms with Crippen molar-refractivity contribution in [2.45, 2.75) is 6.42 Å². The van der Waals surface area contributed by atoms with Gasteiger partial charge in [-0.25, -0.2) is 4.79 Å². The standard InChI is InChI=1S/C15H22ClN3O3/c1-18(2)9-10-19(8-7-14(20)22-3)15(21)17-13-6-4-5-12(16)11-13/h4-6,11H,7-10H2,1-3H3,(H,17,21). The summed E-state index contributed by atoms with van der Waals surface area (Å²) >= 11 is 5.90. The minimum atomic E-state index is -0.342. The van der Waals surface area contributed by atoms with Gasteiger partial charge < -0.3 is 19.9 Å². The van der Waals surface area contributed by atoms with Gasteiger partial charge in [0.15, 0.2) is 0 Å². The molecule has 7 heteroatoms. The van der Waals surface area contributed by atoms with Crippen molar-refractivity contribution in [1.29, 1.82) is 0 Å². The number of likely N-dealkylation sites (N-methyl/N-ethyl adjacent to an activating group) is 1. The van der Waals surface area contributed by atoms with Gasteiger partial charge in [0, 0.05) is 30.3 Å². The lowest BCUT2D eigenvalue weighted by Gasteiger charge is -2.24. The summed E-state index contributed by atoms with van der Waals surface area (Å²) in [5.41, 5.74) is 0.616. The van der Waals surface area contributed by atoms with Crippen molar-refractivity contribution >= 4 is 29.3 Å². The van der Waals surface area contributed by atoms with E-state index in [1.165, 1.54) is 7.11 Å². The van der Waals surface area contributed by atoms with Gasteiger partial charge in [0.05, 0.1) is 13.5 Å². The molecule has 0 unspecified atom stereocenters. The topological polar surface area (TPSA) is 61.9 Å². The summed E-state index contributed by atoms with van der Waals surface area (Å²) in [5, 5.41) is 3.33. The van der Waals surface area contributed by atoms with Crippen LogP contribution in [0.25, 0.3) is 0 Å². The first-order chi connectivity index (χ1) is 10.4. The maximum Gasteiger partial charge on any atom is 0.321 e. The van der Waals surface area contributed by atoms with Gasteiger partial charge in [0.1, 0.15) is 0 Å². The van der Waals surface area contributed by atoms with Gasteiger partial charge in [-0.3, -0.25) is 4.79 Å². The molecule has 1 aromatic rings. The van der Waals surface area contributed by atoms with Gasteiger partial charge in [0.2, 0.25) is 0 Å². The third-order valence-electron chi connectivity index (χ3n) is 2.99. The number of anilines is 1. The lowest BCUT2D eigenvalue weighted by molar-refractivity contribution is -0.140. The SMILES string of the molecule is COC(=O)CCN(CCN(C)C)C(=O)Nc1cccc(Cl)c1. The molecule has 122 valence electrons. The van der Waals surface area contributed by atoms with Crippen molar-refractivity contribution in [3.63, 3.8) is 0 Å². The molecule has 0 aliphatic heterocycles. The molecule has 2 amide bonds. The second kappa shape index (κ2) is 9.27. The van der Waals surface area contributed by atoms with Crippen LogP contribution in [0.4, 0.5) is 10.5 Å². The summed E-state index contributed by atoms with van der Waals surface area (Å²) in [6.07, 6.45) is 0.160.